The lowest BCUT2D eigenvalue weighted by Gasteiger charge is -2.07. The van der Waals surface area contributed by atoms with Crippen LogP contribution >= 0.6 is 0 Å². The SMILES string of the molecule is Cn1cc(CCNC(=O)CNC(=O)c2ccccc2)c2ccccc21. The van der Waals surface area contributed by atoms with Gasteiger partial charge in [0.05, 0.1) is 6.54 Å². The normalized spacial score (nSPS) is 10.6. The molecule has 0 aliphatic rings. The van der Waals surface area contributed by atoms with Gasteiger partial charge in [0.1, 0.15) is 0 Å². The number of hydrogen-bond donors (Lipinski definition) is 2. The molecule has 2 amide bonds. The Kier molecular flexibility index (Phi) is 5.14. The summed E-state index contributed by atoms with van der Waals surface area (Å²) in [5, 5.41) is 6.68. The van der Waals surface area contributed by atoms with E-state index in [4.69, 9.17) is 0 Å². The van der Waals surface area contributed by atoms with E-state index in [9.17, 15) is 9.59 Å². The van der Waals surface area contributed by atoms with Crippen molar-refractivity contribution < 1.29 is 9.59 Å². The first-order chi connectivity index (χ1) is 12.1. The minimum atomic E-state index is -0.246. The number of rotatable bonds is 6. The quantitative estimate of drug-likeness (QED) is 0.726. The number of carbonyl (C=O) groups excluding carboxylic acids is 2. The Morgan fingerprint density at radius 3 is 2.48 bits per heavy atom. The monoisotopic (exact) mass is 335 g/mol. The van der Waals surface area contributed by atoms with Gasteiger partial charge in [0, 0.05) is 36.3 Å². The number of aromatic nitrogens is 1. The van der Waals surface area contributed by atoms with E-state index in [-0.39, 0.29) is 18.4 Å². The molecule has 0 atom stereocenters. The fraction of sp³-hybridized carbons (Fsp3) is 0.200. The van der Waals surface area contributed by atoms with Crippen LogP contribution in [0, 0.1) is 0 Å². The highest BCUT2D eigenvalue weighted by atomic mass is 16.2. The van der Waals surface area contributed by atoms with Crippen molar-refractivity contribution in [2.75, 3.05) is 13.1 Å². The van der Waals surface area contributed by atoms with Crippen LogP contribution in [0.3, 0.4) is 0 Å². The highest BCUT2D eigenvalue weighted by Crippen LogP contribution is 2.20. The summed E-state index contributed by atoms with van der Waals surface area (Å²) in [4.78, 5) is 23.8. The van der Waals surface area contributed by atoms with Gasteiger partial charge in [0.2, 0.25) is 5.91 Å². The molecule has 1 heterocycles. The molecule has 1 aromatic heterocycles. The molecular weight excluding hydrogens is 314 g/mol. The molecule has 0 spiro atoms. The predicted octanol–water partition coefficient (Wildman–Crippen LogP) is 2.27. The van der Waals surface area contributed by atoms with Crippen LogP contribution in [0.2, 0.25) is 0 Å². The van der Waals surface area contributed by atoms with Gasteiger partial charge < -0.3 is 15.2 Å². The lowest BCUT2D eigenvalue weighted by Crippen LogP contribution is -2.37. The van der Waals surface area contributed by atoms with E-state index in [0.29, 0.717) is 12.1 Å². The molecule has 5 nitrogen and oxygen atoms in total. The fourth-order valence-electron chi connectivity index (χ4n) is 2.88. The second-order valence-corrected chi connectivity index (χ2v) is 5.93. The van der Waals surface area contributed by atoms with E-state index in [1.807, 2.05) is 25.2 Å². The minimum absolute atomic E-state index is 0.0245. The highest BCUT2D eigenvalue weighted by molar-refractivity contribution is 5.96. The van der Waals surface area contributed by atoms with Gasteiger partial charge in [-0.05, 0) is 30.2 Å². The van der Waals surface area contributed by atoms with Crippen LogP contribution in [0.4, 0.5) is 0 Å². The maximum atomic E-state index is 11.9. The fourth-order valence-corrected chi connectivity index (χ4v) is 2.88. The number of nitrogens with one attached hydrogen (secondary N) is 2. The molecule has 128 valence electrons. The Balaban J connectivity index is 1.47. The van der Waals surface area contributed by atoms with E-state index in [1.54, 1.807) is 24.3 Å². The molecule has 0 saturated carbocycles. The molecule has 3 aromatic rings. The molecule has 3 rings (SSSR count). The van der Waals surface area contributed by atoms with Crippen molar-refractivity contribution in [3.8, 4) is 0 Å². The Morgan fingerprint density at radius 2 is 1.68 bits per heavy atom. The Bertz CT molecular complexity index is 884. The van der Waals surface area contributed by atoms with E-state index >= 15 is 0 Å². The minimum Gasteiger partial charge on any atom is -0.354 e. The number of amides is 2. The molecule has 25 heavy (non-hydrogen) atoms. The van der Waals surface area contributed by atoms with E-state index < -0.39 is 0 Å². The second kappa shape index (κ2) is 7.66. The first-order valence-corrected chi connectivity index (χ1v) is 8.28. The Morgan fingerprint density at radius 1 is 0.960 bits per heavy atom. The topological polar surface area (TPSA) is 63.1 Å². The number of carbonyl (C=O) groups is 2. The first kappa shape index (κ1) is 16.8. The number of fused-ring (bicyclic) bond motifs is 1. The highest BCUT2D eigenvalue weighted by Gasteiger charge is 2.08. The summed E-state index contributed by atoms with van der Waals surface area (Å²) in [5.74, 6) is -0.436. The summed E-state index contributed by atoms with van der Waals surface area (Å²) in [5.41, 5.74) is 2.93. The summed E-state index contributed by atoms with van der Waals surface area (Å²) in [7, 11) is 2.02. The maximum Gasteiger partial charge on any atom is 0.251 e. The van der Waals surface area contributed by atoms with Crippen molar-refractivity contribution in [1.29, 1.82) is 0 Å². The van der Waals surface area contributed by atoms with Gasteiger partial charge >= 0.3 is 0 Å². The zero-order valence-corrected chi connectivity index (χ0v) is 14.2. The summed E-state index contributed by atoms with van der Waals surface area (Å²) >= 11 is 0. The summed E-state index contributed by atoms with van der Waals surface area (Å²) in [6.07, 6.45) is 2.84. The second-order valence-electron chi connectivity index (χ2n) is 5.93. The lowest BCUT2D eigenvalue weighted by molar-refractivity contribution is -0.120. The molecule has 0 bridgehead atoms. The van der Waals surface area contributed by atoms with Gasteiger partial charge in [-0.3, -0.25) is 9.59 Å². The van der Waals surface area contributed by atoms with Crippen LogP contribution in [0.5, 0.6) is 0 Å². The number of hydrogen-bond acceptors (Lipinski definition) is 2. The van der Waals surface area contributed by atoms with Gasteiger partial charge in [0.25, 0.3) is 5.91 Å². The largest absolute Gasteiger partial charge is 0.354 e. The summed E-state index contributed by atoms with van der Waals surface area (Å²) in [6, 6.07) is 17.1. The van der Waals surface area contributed by atoms with Crippen molar-refractivity contribution >= 4 is 22.7 Å². The lowest BCUT2D eigenvalue weighted by atomic mass is 10.1. The summed E-state index contributed by atoms with van der Waals surface area (Å²) < 4.78 is 2.09. The maximum absolute atomic E-state index is 11.9. The van der Waals surface area contributed by atoms with Crippen LogP contribution in [-0.2, 0) is 18.3 Å². The standard InChI is InChI=1S/C20H21N3O2/c1-23-14-16(17-9-5-6-10-18(17)23)11-12-21-19(24)13-22-20(25)15-7-3-2-4-8-15/h2-10,14H,11-13H2,1H3,(H,21,24)(H,22,25). The molecule has 0 aliphatic carbocycles. The Labute approximate surface area is 146 Å². The van der Waals surface area contributed by atoms with Crippen LogP contribution in [0.25, 0.3) is 10.9 Å². The van der Waals surface area contributed by atoms with E-state index in [1.165, 1.54) is 16.5 Å². The van der Waals surface area contributed by atoms with E-state index in [0.717, 1.165) is 6.42 Å². The molecule has 0 aliphatic heterocycles. The molecule has 2 N–H and O–H groups in total. The van der Waals surface area contributed by atoms with Crippen molar-refractivity contribution in [2.45, 2.75) is 6.42 Å². The molecule has 2 aromatic carbocycles. The Hall–Kier alpha value is -3.08. The van der Waals surface area contributed by atoms with Crippen molar-refractivity contribution in [2.24, 2.45) is 7.05 Å². The van der Waals surface area contributed by atoms with Gasteiger partial charge in [-0.1, -0.05) is 36.4 Å². The molecule has 5 heteroatoms. The third kappa shape index (κ3) is 4.07. The first-order valence-electron chi connectivity index (χ1n) is 8.28. The zero-order valence-electron chi connectivity index (χ0n) is 14.2. The zero-order chi connectivity index (χ0) is 17.6. The third-order valence-corrected chi connectivity index (χ3v) is 4.14. The average molecular weight is 335 g/mol. The molecular formula is C20H21N3O2. The van der Waals surface area contributed by atoms with Crippen molar-refractivity contribution in [1.82, 2.24) is 15.2 Å². The van der Waals surface area contributed by atoms with Crippen LogP contribution in [-0.4, -0.2) is 29.5 Å². The average Bonchev–Trinajstić information content (AvgIpc) is 2.97. The number of para-hydroxylation sites is 1. The molecule has 0 unspecified atom stereocenters. The molecule has 0 radical (unpaired) electrons. The smallest absolute Gasteiger partial charge is 0.251 e. The van der Waals surface area contributed by atoms with Gasteiger partial charge in [-0.15, -0.1) is 0 Å². The predicted molar refractivity (Wildman–Crippen MR) is 98.4 cm³/mol. The van der Waals surface area contributed by atoms with Gasteiger partial charge in [-0.2, -0.15) is 0 Å². The number of aryl methyl sites for hydroxylation is 1. The third-order valence-electron chi connectivity index (χ3n) is 4.14. The summed E-state index contributed by atoms with van der Waals surface area (Å²) in [6.45, 7) is 0.511. The van der Waals surface area contributed by atoms with Crippen LogP contribution in [0.1, 0.15) is 15.9 Å². The molecule has 0 saturated heterocycles. The number of nitrogens with zero attached hydrogens (tertiary/aromatic N) is 1. The van der Waals surface area contributed by atoms with Gasteiger partial charge in [0.15, 0.2) is 0 Å². The van der Waals surface area contributed by atoms with E-state index in [2.05, 4.69) is 33.5 Å². The number of benzene rings is 2. The van der Waals surface area contributed by atoms with Crippen molar-refractivity contribution in [3.63, 3.8) is 0 Å². The van der Waals surface area contributed by atoms with Crippen LogP contribution < -0.4 is 10.6 Å². The molecule has 0 fully saturated rings. The van der Waals surface area contributed by atoms with Gasteiger partial charge in [-0.25, -0.2) is 0 Å². The van der Waals surface area contributed by atoms with Crippen molar-refractivity contribution in [3.05, 3.63) is 71.9 Å². The van der Waals surface area contributed by atoms with Crippen LogP contribution in [0.15, 0.2) is 60.8 Å².